The lowest BCUT2D eigenvalue weighted by Crippen LogP contribution is -2.45. The molecule has 1 aliphatic carbocycles. The standard InChI is InChI=1S/C13H24N2O3S/c1-19-9-5-4-8-14-12(18)15-10-13(11(16)17)6-2-3-7-13/h2-10H2,1H3,(H,16,17)(H2,14,15,18). The van der Waals surface area contributed by atoms with Crippen LogP contribution in [0.3, 0.4) is 0 Å². The van der Waals surface area contributed by atoms with Crippen molar-refractivity contribution in [1.29, 1.82) is 0 Å². The summed E-state index contributed by atoms with van der Waals surface area (Å²) >= 11 is 1.80. The van der Waals surface area contributed by atoms with Gasteiger partial charge in [0.2, 0.25) is 0 Å². The number of hydrogen-bond donors (Lipinski definition) is 3. The second kappa shape index (κ2) is 8.30. The van der Waals surface area contributed by atoms with Crippen molar-refractivity contribution in [1.82, 2.24) is 10.6 Å². The number of unbranched alkanes of at least 4 members (excludes halogenated alkanes) is 1. The summed E-state index contributed by atoms with van der Waals surface area (Å²) in [6.07, 6.45) is 7.30. The van der Waals surface area contributed by atoms with Crippen LogP contribution in [-0.2, 0) is 4.79 Å². The lowest BCUT2D eigenvalue weighted by atomic mass is 9.86. The molecule has 0 aromatic carbocycles. The molecule has 0 unspecified atom stereocenters. The number of nitrogens with one attached hydrogen (secondary N) is 2. The summed E-state index contributed by atoms with van der Waals surface area (Å²) in [5.41, 5.74) is -0.740. The van der Waals surface area contributed by atoms with E-state index in [1.54, 1.807) is 11.8 Å². The minimum absolute atomic E-state index is 0.235. The molecule has 19 heavy (non-hydrogen) atoms. The Labute approximate surface area is 118 Å². The Morgan fingerprint density at radius 1 is 1.21 bits per heavy atom. The van der Waals surface area contributed by atoms with Gasteiger partial charge in [0, 0.05) is 13.1 Å². The third-order valence-corrected chi connectivity index (χ3v) is 4.36. The van der Waals surface area contributed by atoms with E-state index >= 15 is 0 Å². The van der Waals surface area contributed by atoms with Crippen LogP contribution in [0.1, 0.15) is 38.5 Å². The lowest BCUT2D eigenvalue weighted by Gasteiger charge is -2.24. The molecule has 110 valence electrons. The second-order valence-corrected chi connectivity index (χ2v) is 6.09. The first-order chi connectivity index (χ1) is 9.10. The molecular weight excluding hydrogens is 264 g/mol. The molecule has 0 aliphatic heterocycles. The van der Waals surface area contributed by atoms with Crippen molar-refractivity contribution in [3.05, 3.63) is 0 Å². The molecule has 0 radical (unpaired) electrons. The van der Waals surface area contributed by atoms with E-state index in [9.17, 15) is 14.7 Å². The molecule has 0 aromatic rings. The quantitative estimate of drug-likeness (QED) is 0.597. The van der Waals surface area contributed by atoms with E-state index < -0.39 is 11.4 Å². The molecule has 1 fully saturated rings. The van der Waals surface area contributed by atoms with Gasteiger partial charge in [-0.2, -0.15) is 11.8 Å². The molecule has 0 aromatic heterocycles. The van der Waals surface area contributed by atoms with E-state index in [2.05, 4.69) is 16.9 Å². The molecule has 1 rings (SSSR count). The predicted molar refractivity (Wildman–Crippen MR) is 77.6 cm³/mol. The van der Waals surface area contributed by atoms with Crippen LogP contribution < -0.4 is 10.6 Å². The molecule has 0 saturated heterocycles. The lowest BCUT2D eigenvalue weighted by molar-refractivity contribution is -0.148. The Bertz CT molecular complexity index is 304. The SMILES string of the molecule is CSCCCCNC(=O)NCC1(C(=O)O)CCCC1. The minimum Gasteiger partial charge on any atom is -0.481 e. The maximum absolute atomic E-state index is 11.6. The van der Waals surface area contributed by atoms with Gasteiger partial charge in [0.1, 0.15) is 0 Å². The van der Waals surface area contributed by atoms with Crippen LogP contribution >= 0.6 is 11.8 Å². The highest BCUT2D eigenvalue weighted by atomic mass is 32.2. The van der Waals surface area contributed by atoms with Crippen molar-refractivity contribution in [2.75, 3.05) is 25.1 Å². The molecule has 2 amide bonds. The van der Waals surface area contributed by atoms with E-state index in [1.165, 1.54) is 0 Å². The maximum atomic E-state index is 11.6. The molecule has 0 bridgehead atoms. The van der Waals surface area contributed by atoms with E-state index in [0.717, 1.165) is 31.4 Å². The van der Waals surface area contributed by atoms with Gasteiger partial charge in [-0.25, -0.2) is 4.79 Å². The molecule has 0 heterocycles. The number of carboxylic acid groups (broad SMARTS) is 1. The van der Waals surface area contributed by atoms with Crippen LogP contribution in [0.25, 0.3) is 0 Å². The Kier molecular flexibility index (Phi) is 7.05. The van der Waals surface area contributed by atoms with Gasteiger partial charge in [-0.3, -0.25) is 4.79 Å². The third kappa shape index (κ3) is 5.30. The molecule has 0 spiro atoms. The Hall–Kier alpha value is -0.910. The van der Waals surface area contributed by atoms with Crippen molar-refractivity contribution in [2.45, 2.75) is 38.5 Å². The van der Waals surface area contributed by atoms with Crippen LogP contribution in [0.5, 0.6) is 0 Å². The zero-order valence-electron chi connectivity index (χ0n) is 11.5. The second-order valence-electron chi connectivity index (χ2n) is 5.10. The number of urea groups is 1. The van der Waals surface area contributed by atoms with Gasteiger partial charge < -0.3 is 15.7 Å². The molecule has 1 aliphatic rings. The molecule has 1 saturated carbocycles. The normalized spacial score (nSPS) is 17.1. The molecule has 0 atom stereocenters. The summed E-state index contributed by atoms with van der Waals surface area (Å²) in [5, 5.41) is 14.7. The first-order valence-corrected chi connectivity index (χ1v) is 8.24. The van der Waals surface area contributed by atoms with Crippen LogP contribution in [0.4, 0.5) is 4.79 Å². The zero-order chi connectivity index (χ0) is 14.1. The van der Waals surface area contributed by atoms with Crippen LogP contribution in [-0.4, -0.2) is 42.2 Å². The van der Waals surface area contributed by atoms with Gasteiger partial charge in [-0.15, -0.1) is 0 Å². The highest BCUT2D eigenvalue weighted by Crippen LogP contribution is 2.37. The van der Waals surface area contributed by atoms with Gasteiger partial charge in [0.25, 0.3) is 0 Å². The van der Waals surface area contributed by atoms with Gasteiger partial charge in [-0.1, -0.05) is 12.8 Å². The van der Waals surface area contributed by atoms with Crippen molar-refractivity contribution >= 4 is 23.8 Å². The summed E-state index contributed by atoms with van der Waals surface area (Å²) < 4.78 is 0. The van der Waals surface area contributed by atoms with E-state index in [0.29, 0.717) is 19.4 Å². The maximum Gasteiger partial charge on any atom is 0.314 e. The van der Waals surface area contributed by atoms with Crippen molar-refractivity contribution in [2.24, 2.45) is 5.41 Å². The van der Waals surface area contributed by atoms with Gasteiger partial charge in [0.15, 0.2) is 0 Å². The fraction of sp³-hybridized carbons (Fsp3) is 0.846. The number of carbonyl (C=O) groups is 2. The van der Waals surface area contributed by atoms with E-state index in [4.69, 9.17) is 0 Å². The van der Waals surface area contributed by atoms with Gasteiger partial charge in [-0.05, 0) is 37.7 Å². The summed E-state index contributed by atoms with van der Waals surface area (Å²) in [6, 6.07) is -0.253. The van der Waals surface area contributed by atoms with Crippen LogP contribution in [0.2, 0.25) is 0 Å². The van der Waals surface area contributed by atoms with Crippen LogP contribution in [0, 0.1) is 5.41 Å². The number of carbonyl (C=O) groups excluding carboxylic acids is 1. The molecule has 5 nitrogen and oxygen atoms in total. The zero-order valence-corrected chi connectivity index (χ0v) is 12.4. The van der Waals surface area contributed by atoms with Crippen molar-refractivity contribution in [3.63, 3.8) is 0 Å². The highest BCUT2D eigenvalue weighted by Gasteiger charge is 2.41. The van der Waals surface area contributed by atoms with Gasteiger partial charge >= 0.3 is 12.0 Å². The molecule has 6 heteroatoms. The van der Waals surface area contributed by atoms with Crippen molar-refractivity contribution in [3.8, 4) is 0 Å². The Morgan fingerprint density at radius 3 is 2.47 bits per heavy atom. The van der Waals surface area contributed by atoms with E-state index in [-0.39, 0.29) is 12.6 Å². The summed E-state index contributed by atoms with van der Waals surface area (Å²) in [4.78, 5) is 22.9. The first kappa shape index (κ1) is 16.1. The van der Waals surface area contributed by atoms with E-state index in [1.807, 2.05) is 0 Å². The highest BCUT2D eigenvalue weighted by molar-refractivity contribution is 7.98. The van der Waals surface area contributed by atoms with Crippen molar-refractivity contribution < 1.29 is 14.7 Å². The Morgan fingerprint density at radius 2 is 1.89 bits per heavy atom. The summed E-state index contributed by atoms with van der Waals surface area (Å²) in [5.74, 6) is 0.316. The average molecular weight is 288 g/mol. The fourth-order valence-electron chi connectivity index (χ4n) is 2.40. The number of rotatable bonds is 8. The Balaban J connectivity index is 2.20. The topological polar surface area (TPSA) is 78.4 Å². The minimum atomic E-state index is -0.787. The van der Waals surface area contributed by atoms with Gasteiger partial charge in [0.05, 0.1) is 5.41 Å². The average Bonchev–Trinajstić information content (AvgIpc) is 2.86. The smallest absolute Gasteiger partial charge is 0.314 e. The number of hydrogen-bond acceptors (Lipinski definition) is 3. The first-order valence-electron chi connectivity index (χ1n) is 6.85. The third-order valence-electron chi connectivity index (χ3n) is 3.66. The number of aliphatic carboxylic acids is 1. The fourth-order valence-corrected chi connectivity index (χ4v) is 2.90. The largest absolute Gasteiger partial charge is 0.481 e. The molecular formula is C13H24N2O3S. The monoisotopic (exact) mass is 288 g/mol. The predicted octanol–water partition coefficient (Wildman–Crippen LogP) is 2.07. The number of amides is 2. The number of carboxylic acids is 1. The summed E-state index contributed by atoms with van der Waals surface area (Å²) in [6.45, 7) is 0.880. The number of thioether (sulfide) groups is 1. The summed E-state index contributed by atoms with van der Waals surface area (Å²) in [7, 11) is 0. The van der Waals surface area contributed by atoms with Crippen LogP contribution in [0.15, 0.2) is 0 Å². The molecule has 3 N–H and O–H groups in total.